The number of aryl methyl sites for hydroxylation is 1. The van der Waals surface area contributed by atoms with Gasteiger partial charge in [-0.2, -0.15) is 0 Å². The lowest BCUT2D eigenvalue weighted by atomic mass is 9.85. The molecular weight excluding hydrogens is 282 g/mol. The second-order valence-electron chi connectivity index (χ2n) is 6.33. The summed E-state index contributed by atoms with van der Waals surface area (Å²) in [6.07, 6.45) is 0.924. The summed E-state index contributed by atoms with van der Waals surface area (Å²) in [5, 5.41) is 12.9. The minimum Gasteiger partial charge on any atom is -0.548 e. The third kappa shape index (κ3) is 5.06. The molecule has 1 rings (SSSR count). The molecular formula is C17H24NO4-. The van der Waals surface area contributed by atoms with E-state index in [1.807, 2.05) is 12.1 Å². The molecule has 0 aliphatic rings. The highest BCUT2D eigenvalue weighted by Crippen LogP contribution is 2.32. The van der Waals surface area contributed by atoms with E-state index in [1.54, 1.807) is 0 Å². The molecule has 0 unspecified atom stereocenters. The number of hydrogen-bond acceptors (Lipinski definition) is 4. The van der Waals surface area contributed by atoms with Crippen LogP contribution in [0.3, 0.4) is 0 Å². The molecule has 0 aromatic heterocycles. The van der Waals surface area contributed by atoms with E-state index < -0.39 is 17.9 Å². The summed E-state index contributed by atoms with van der Waals surface area (Å²) in [5.41, 5.74) is 2.11. The van der Waals surface area contributed by atoms with Gasteiger partial charge in [0.1, 0.15) is 5.75 Å². The first-order chi connectivity index (χ1) is 10.1. The third-order valence-corrected chi connectivity index (χ3v) is 3.35. The average molecular weight is 306 g/mol. The maximum atomic E-state index is 11.7. The fraction of sp³-hybridized carbons (Fsp3) is 0.529. The minimum atomic E-state index is -1.32. The number of rotatable bonds is 6. The van der Waals surface area contributed by atoms with Gasteiger partial charge in [0.15, 0.2) is 6.61 Å². The van der Waals surface area contributed by atoms with E-state index >= 15 is 0 Å². The predicted molar refractivity (Wildman–Crippen MR) is 82.6 cm³/mol. The van der Waals surface area contributed by atoms with Crippen molar-refractivity contribution in [1.82, 2.24) is 5.32 Å². The molecule has 0 saturated heterocycles. The molecule has 0 fully saturated rings. The standard InChI is InChI=1S/C17H25NO4/c1-6-12-7-8-14(13(9-12)17(3,4)5)22-10-15(19)18-11(2)16(20)21/h7-9,11H,6,10H2,1-5H3,(H,18,19)(H,20,21)/p-1/t11-/m0/s1. The monoisotopic (exact) mass is 306 g/mol. The summed E-state index contributed by atoms with van der Waals surface area (Å²) in [6, 6.07) is 4.86. The molecule has 5 nitrogen and oxygen atoms in total. The maximum absolute atomic E-state index is 11.7. The van der Waals surface area contributed by atoms with Crippen molar-refractivity contribution in [3.8, 4) is 5.75 Å². The normalized spacial score (nSPS) is 12.6. The lowest BCUT2D eigenvalue weighted by molar-refractivity contribution is -0.307. The van der Waals surface area contributed by atoms with Gasteiger partial charge in [-0.25, -0.2) is 0 Å². The smallest absolute Gasteiger partial charge is 0.258 e. The van der Waals surface area contributed by atoms with Crippen molar-refractivity contribution >= 4 is 11.9 Å². The molecule has 0 radical (unpaired) electrons. The summed E-state index contributed by atoms with van der Waals surface area (Å²) >= 11 is 0. The first kappa shape index (κ1) is 18.0. The van der Waals surface area contributed by atoms with E-state index in [0.29, 0.717) is 5.75 Å². The highest BCUT2D eigenvalue weighted by Gasteiger charge is 2.20. The van der Waals surface area contributed by atoms with Gasteiger partial charge in [0.2, 0.25) is 0 Å². The van der Waals surface area contributed by atoms with E-state index in [4.69, 9.17) is 4.74 Å². The number of benzene rings is 1. The van der Waals surface area contributed by atoms with Crippen molar-refractivity contribution in [2.75, 3.05) is 6.61 Å². The zero-order valence-electron chi connectivity index (χ0n) is 13.9. The molecule has 1 amide bonds. The first-order valence-corrected chi connectivity index (χ1v) is 7.41. The molecule has 0 aliphatic heterocycles. The summed E-state index contributed by atoms with van der Waals surface area (Å²) < 4.78 is 5.58. The van der Waals surface area contributed by atoms with Gasteiger partial charge in [0, 0.05) is 0 Å². The predicted octanol–water partition coefficient (Wildman–Crippen LogP) is 1.18. The Hall–Kier alpha value is -2.04. The lowest BCUT2D eigenvalue weighted by Crippen LogP contribution is -2.47. The summed E-state index contributed by atoms with van der Waals surface area (Å²) in [6.45, 7) is 9.43. The number of carbonyl (C=O) groups is 2. The van der Waals surface area contributed by atoms with Crippen LogP contribution in [0.1, 0.15) is 45.7 Å². The Balaban J connectivity index is 2.81. The molecule has 122 valence electrons. The van der Waals surface area contributed by atoms with E-state index in [2.05, 4.69) is 39.1 Å². The third-order valence-electron chi connectivity index (χ3n) is 3.35. The molecule has 1 aromatic rings. The van der Waals surface area contributed by atoms with Crippen LogP contribution in [0.2, 0.25) is 0 Å². The number of carbonyl (C=O) groups excluding carboxylic acids is 2. The van der Waals surface area contributed by atoms with Crippen LogP contribution in [0.4, 0.5) is 0 Å². The average Bonchev–Trinajstić information content (AvgIpc) is 2.43. The van der Waals surface area contributed by atoms with Crippen LogP contribution in [0, 0.1) is 0 Å². The van der Waals surface area contributed by atoms with Gasteiger partial charge in [0.25, 0.3) is 5.91 Å². The number of amides is 1. The largest absolute Gasteiger partial charge is 0.548 e. The van der Waals surface area contributed by atoms with Gasteiger partial charge in [-0.15, -0.1) is 0 Å². The van der Waals surface area contributed by atoms with Crippen LogP contribution >= 0.6 is 0 Å². The molecule has 0 bridgehead atoms. The highest BCUT2D eigenvalue weighted by atomic mass is 16.5. The van der Waals surface area contributed by atoms with Crippen molar-refractivity contribution in [2.45, 2.75) is 52.5 Å². The highest BCUT2D eigenvalue weighted by molar-refractivity contribution is 5.83. The van der Waals surface area contributed by atoms with Crippen LogP contribution in [0.25, 0.3) is 0 Å². The number of hydrogen-bond donors (Lipinski definition) is 1. The van der Waals surface area contributed by atoms with Gasteiger partial charge >= 0.3 is 0 Å². The molecule has 0 heterocycles. The van der Waals surface area contributed by atoms with Crippen LogP contribution in [-0.2, 0) is 21.4 Å². The second-order valence-corrected chi connectivity index (χ2v) is 6.33. The number of carboxylic acids is 1. The quantitative estimate of drug-likeness (QED) is 0.856. The zero-order valence-corrected chi connectivity index (χ0v) is 13.9. The molecule has 1 aromatic carbocycles. The lowest BCUT2D eigenvalue weighted by Gasteiger charge is -2.24. The molecule has 1 atom stereocenters. The number of aliphatic carboxylic acids is 1. The topological polar surface area (TPSA) is 78.5 Å². The maximum Gasteiger partial charge on any atom is 0.258 e. The van der Waals surface area contributed by atoms with Crippen LogP contribution in [0.5, 0.6) is 5.75 Å². The Morgan fingerprint density at radius 2 is 1.95 bits per heavy atom. The van der Waals surface area contributed by atoms with Crippen molar-refractivity contribution in [3.63, 3.8) is 0 Å². The van der Waals surface area contributed by atoms with E-state index in [-0.39, 0.29) is 12.0 Å². The summed E-state index contributed by atoms with van der Waals surface area (Å²) in [7, 11) is 0. The van der Waals surface area contributed by atoms with E-state index in [0.717, 1.165) is 12.0 Å². The SMILES string of the molecule is CCc1ccc(OCC(=O)N[C@@H](C)C(=O)[O-])c(C(C)(C)C)c1. The Bertz CT molecular complexity index is 546. The fourth-order valence-corrected chi connectivity index (χ4v) is 1.99. The Kier molecular flexibility index (Phi) is 5.97. The van der Waals surface area contributed by atoms with Crippen LogP contribution in [-0.4, -0.2) is 24.5 Å². The molecule has 0 saturated carbocycles. The summed E-state index contributed by atoms with van der Waals surface area (Å²) in [5.74, 6) is -1.17. The molecule has 0 spiro atoms. The van der Waals surface area contributed by atoms with Gasteiger partial charge in [0.05, 0.1) is 12.0 Å². The van der Waals surface area contributed by atoms with Gasteiger partial charge in [-0.1, -0.05) is 39.8 Å². The first-order valence-electron chi connectivity index (χ1n) is 7.41. The fourth-order valence-electron chi connectivity index (χ4n) is 1.99. The molecule has 0 aliphatic carbocycles. The van der Waals surface area contributed by atoms with Crippen molar-refractivity contribution in [2.24, 2.45) is 0 Å². The Labute approximate surface area is 131 Å². The number of ether oxygens (including phenoxy) is 1. The molecule has 22 heavy (non-hydrogen) atoms. The van der Waals surface area contributed by atoms with Crippen molar-refractivity contribution < 1.29 is 19.4 Å². The Morgan fingerprint density at radius 1 is 1.32 bits per heavy atom. The van der Waals surface area contributed by atoms with E-state index in [1.165, 1.54) is 12.5 Å². The van der Waals surface area contributed by atoms with Gasteiger partial charge in [-0.3, -0.25) is 4.79 Å². The van der Waals surface area contributed by atoms with Gasteiger partial charge < -0.3 is 20.0 Å². The minimum absolute atomic E-state index is 0.116. The Morgan fingerprint density at radius 3 is 2.45 bits per heavy atom. The second kappa shape index (κ2) is 7.29. The van der Waals surface area contributed by atoms with Crippen molar-refractivity contribution in [3.05, 3.63) is 29.3 Å². The summed E-state index contributed by atoms with van der Waals surface area (Å²) in [4.78, 5) is 22.3. The van der Waals surface area contributed by atoms with Crippen LogP contribution < -0.4 is 15.2 Å². The molecule has 5 heteroatoms. The number of nitrogens with one attached hydrogen (secondary N) is 1. The van der Waals surface area contributed by atoms with Gasteiger partial charge in [-0.05, 0) is 36.0 Å². The zero-order chi connectivity index (χ0) is 16.9. The van der Waals surface area contributed by atoms with Crippen LogP contribution in [0.15, 0.2) is 18.2 Å². The van der Waals surface area contributed by atoms with E-state index in [9.17, 15) is 14.7 Å². The number of carboxylic acid groups (broad SMARTS) is 1. The molecule has 1 N–H and O–H groups in total. The van der Waals surface area contributed by atoms with Crippen molar-refractivity contribution in [1.29, 1.82) is 0 Å².